The van der Waals surface area contributed by atoms with Crippen molar-refractivity contribution in [1.82, 2.24) is 40.4 Å². The minimum atomic E-state index is -0.181. The molecule has 0 bridgehead atoms. The van der Waals surface area contributed by atoms with Gasteiger partial charge in [0.15, 0.2) is 0 Å². The fraction of sp³-hybridized carbons (Fsp3) is 0.500. The van der Waals surface area contributed by atoms with Crippen LogP contribution in [-0.2, 0) is 9.59 Å². The highest BCUT2D eigenvalue weighted by molar-refractivity contribution is 5.83. The van der Waals surface area contributed by atoms with Crippen molar-refractivity contribution in [3.63, 3.8) is 0 Å². The predicted molar refractivity (Wildman–Crippen MR) is 199 cm³/mol. The van der Waals surface area contributed by atoms with E-state index in [1.807, 2.05) is 36.3 Å². The Balaban J connectivity index is 1.11. The second kappa shape index (κ2) is 15.7. The Morgan fingerprint density at radius 3 is 1.38 bits per heavy atom. The molecule has 0 aliphatic carbocycles. The van der Waals surface area contributed by atoms with Crippen molar-refractivity contribution in [1.29, 1.82) is 0 Å². The molecular formula is C40H54N8O2. The first-order valence-corrected chi connectivity index (χ1v) is 18.5. The van der Waals surface area contributed by atoms with Gasteiger partial charge >= 0.3 is 0 Å². The normalized spacial score (nSPS) is 20.2. The Hall–Kier alpha value is -4.28. The molecule has 6 rings (SSSR count). The van der Waals surface area contributed by atoms with Gasteiger partial charge in [-0.1, -0.05) is 89.1 Å². The molecule has 10 heteroatoms. The average molecular weight is 679 g/mol. The summed E-state index contributed by atoms with van der Waals surface area (Å²) in [6.07, 6.45) is 9.46. The van der Waals surface area contributed by atoms with Crippen LogP contribution in [0.2, 0.25) is 0 Å². The number of carbonyl (C=O) groups is 2. The topological polar surface area (TPSA) is 122 Å². The zero-order valence-corrected chi connectivity index (χ0v) is 30.5. The summed E-state index contributed by atoms with van der Waals surface area (Å²) in [5, 5.41) is 6.50. The molecule has 0 unspecified atom stereocenters. The van der Waals surface area contributed by atoms with Crippen LogP contribution in [0.3, 0.4) is 0 Å². The van der Waals surface area contributed by atoms with Crippen LogP contribution in [0.25, 0.3) is 33.6 Å². The lowest BCUT2D eigenvalue weighted by Gasteiger charge is -2.30. The van der Waals surface area contributed by atoms with Gasteiger partial charge in [-0.2, -0.15) is 0 Å². The van der Waals surface area contributed by atoms with Crippen LogP contribution >= 0.6 is 0 Å². The van der Waals surface area contributed by atoms with E-state index in [1.54, 1.807) is 0 Å². The van der Waals surface area contributed by atoms with Gasteiger partial charge in [0.1, 0.15) is 11.6 Å². The van der Waals surface area contributed by atoms with Gasteiger partial charge in [0, 0.05) is 13.1 Å². The zero-order chi connectivity index (χ0) is 35.4. The van der Waals surface area contributed by atoms with Crippen molar-refractivity contribution < 1.29 is 9.59 Å². The van der Waals surface area contributed by atoms with E-state index in [2.05, 4.69) is 96.8 Å². The number of aromatic nitrogens is 4. The molecular weight excluding hydrogens is 624 g/mol. The molecule has 50 heavy (non-hydrogen) atoms. The lowest BCUT2D eigenvalue weighted by Crippen LogP contribution is -2.48. The van der Waals surface area contributed by atoms with Crippen LogP contribution in [0.5, 0.6) is 0 Å². The maximum atomic E-state index is 13.5. The third-order valence-corrected chi connectivity index (χ3v) is 11.2. The van der Waals surface area contributed by atoms with Crippen molar-refractivity contribution in [2.45, 2.75) is 90.4 Å². The van der Waals surface area contributed by atoms with Gasteiger partial charge < -0.3 is 30.4 Å². The number of nitrogens with one attached hydrogen (secondary N) is 4. The first-order valence-electron chi connectivity index (χ1n) is 18.5. The van der Waals surface area contributed by atoms with Gasteiger partial charge in [-0.05, 0) is 73.9 Å². The van der Waals surface area contributed by atoms with Gasteiger partial charge in [0.25, 0.3) is 0 Å². The highest BCUT2D eigenvalue weighted by Gasteiger charge is 2.38. The summed E-state index contributed by atoms with van der Waals surface area (Å²) in [6.45, 7) is 10.0. The van der Waals surface area contributed by atoms with Crippen molar-refractivity contribution in [3.8, 4) is 33.6 Å². The lowest BCUT2D eigenvalue weighted by molar-refractivity contribution is -0.136. The standard InChI is InChI=1S/C40H54N8O2/c1-7-25(3)35(41-5)39(49)47-21-9-11-33(47)37-43-23-31(45-37)29-17-13-27(14-18-29)28-15-19-30(20-16-28)32-24-44-38(46-32)34-12-10-22-48(34)40(50)36(42-6)26(4)8-2/h13-20,23-26,33-36,41-42H,7-12,21-22H2,1-6H3,(H,43,45)(H,44,46)/t25-,26-,33+,34+,35+,36+/m1/s1. The van der Waals surface area contributed by atoms with E-state index in [0.717, 1.165) is 96.9 Å². The highest BCUT2D eigenvalue weighted by Crippen LogP contribution is 2.35. The van der Waals surface area contributed by atoms with E-state index in [0.29, 0.717) is 0 Å². The summed E-state index contributed by atoms with van der Waals surface area (Å²) in [5.41, 5.74) is 6.27. The van der Waals surface area contributed by atoms with E-state index < -0.39 is 0 Å². The van der Waals surface area contributed by atoms with Crippen LogP contribution in [0.4, 0.5) is 0 Å². The average Bonchev–Trinajstić information content (AvgIpc) is 3.98. The third kappa shape index (κ3) is 7.14. The largest absolute Gasteiger partial charge is 0.340 e. The van der Waals surface area contributed by atoms with Gasteiger partial charge in [0.2, 0.25) is 11.8 Å². The lowest BCUT2D eigenvalue weighted by atomic mass is 9.97. The fourth-order valence-corrected chi connectivity index (χ4v) is 7.75. The fourth-order valence-electron chi connectivity index (χ4n) is 7.75. The number of carbonyl (C=O) groups excluding carboxylic acids is 2. The van der Waals surface area contributed by atoms with Crippen molar-refractivity contribution in [3.05, 3.63) is 72.6 Å². The van der Waals surface area contributed by atoms with E-state index in [1.165, 1.54) is 0 Å². The Morgan fingerprint density at radius 2 is 1.04 bits per heavy atom. The number of hydrogen-bond donors (Lipinski definition) is 4. The molecule has 2 aromatic heterocycles. The van der Waals surface area contributed by atoms with Crippen molar-refractivity contribution in [2.75, 3.05) is 27.2 Å². The molecule has 10 nitrogen and oxygen atoms in total. The van der Waals surface area contributed by atoms with Gasteiger partial charge in [-0.3, -0.25) is 9.59 Å². The Morgan fingerprint density at radius 1 is 0.680 bits per heavy atom. The summed E-state index contributed by atoms with van der Waals surface area (Å²) in [5.74, 6) is 2.58. The van der Waals surface area contributed by atoms with E-state index in [-0.39, 0.29) is 47.8 Å². The zero-order valence-electron chi connectivity index (χ0n) is 30.5. The second-order valence-electron chi connectivity index (χ2n) is 14.2. The SMILES string of the molecule is CC[C@@H](C)[C@H](NC)C(=O)N1CCC[C@H]1c1ncc(-c2ccc(-c3ccc(-c4cnc([C@@H]5CCCN5C(=O)[C@@H](NC)[C@H](C)CC)[nH]4)cc3)cc2)[nH]1. The number of likely N-dealkylation sites (N-methyl/N-ethyl adjacent to an activating group) is 2. The number of H-pyrrole nitrogens is 2. The Kier molecular flexibility index (Phi) is 11.2. The Bertz CT molecular complexity index is 1600. The second-order valence-corrected chi connectivity index (χ2v) is 14.2. The van der Waals surface area contributed by atoms with Crippen molar-refractivity contribution >= 4 is 11.8 Å². The molecule has 2 aliphatic rings. The number of aromatic amines is 2. The van der Waals surface area contributed by atoms with E-state index >= 15 is 0 Å². The molecule has 266 valence electrons. The van der Waals surface area contributed by atoms with Crippen LogP contribution in [0.15, 0.2) is 60.9 Å². The molecule has 4 heterocycles. The van der Waals surface area contributed by atoms with Gasteiger partial charge in [-0.15, -0.1) is 0 Å². The summed E-state index contributed by atoms with van der Waals surface area (Å²) in [6, 6.07) is 16.6. The molecule has 2 amide bonds. The number of hydrogen-bond acceptors (Lipinski definition) is 6. The highest BCUT2D eigenvalue weighted by atomic mass is 16.2. The molecule has 0 spiro atoms. The molecule has 4 aromatic rings. The number of nitrogens with zero attached hydrogens (tertiary/aromatic N) is 4. The molecule has 0 radical (unpaired) electrons. The maximum absolute atomic E-state index is 13.5. The molecule has 2 saturated heterocycles. The molecule has 4 N–H and O–H groups in total. The summed E-state index contributed by atoms with van der Waals surface area (Å²) in [4.78, 5) is 47.5. The summed E-state index contributed by atoms with van der Waals surface area (Å²) in [7, 11) is 3.75. The van der Waals surface area contributed by atoms with Crippen molar-refractivity contribution in [2.24, 2.45) is 11.8 Å². The predicted octanol–water partition coefficient (Wildman–Crippen LogP) is 6.73. The number of likely N-dealkylation sites (tertiary alicyclic amines) is 2. The number of rotatable bonds is 13. The minimum absolute atomic E-state index is 0.0279. The first kappa shape index (κ1) is 35.5. The van der Waals surface area contributed by atoms with E-state index in [9.17, 15) is 9.59 Å². The maximum Gasteiger partial charge on any atom is 0.240 e. The number of amides is 2. The smallest absolute Gasteiger partial charge is 0.240 e. The number of imidazole rings is 2. The van der Waals surface area contributed by atoms with Crippen LogP contribution in [0, 0.1) is 11.8 Å². The molecule has 2 fully saturated rings. The number of benzene rings is 2. The van der Waals surface area contributed by atoms with E-state index in [4.69, 9.17) is 9.97 Å². The first-order chi connectivity index (χ1) is 24.3. The monoisotopic (exact) mass is 678 g/mol. The summed E-state index contributed by atoms with van der Waals surface area (Å²) >= 11 is 0. The van der Waals surface area contributed by atoms with Crippen LogP contribution in [-0.4, -0.2) is 80.8 Å². The quantitative estimate of drug-likeness (QED) is 0.124. The molecule has 2 aromatic carbocycles. The van der Waals surface area contributed by atoms with Gasteiger partial charge in [0.05, 0.1) is 47.9 Å². The van der Waals surface area contributed by atoms with Gasteiger partial charge in [-0.25, -0.2) is 9.97 Å². The third-order valence-electron chi connectivity index (χ3n) is 11.2. The minimum Gasteiger partial charge on any atom is -0.340 e. The Labute approximate surface area is 296 Å². The molecule has 2 aliphatic heterocycles. The van der Waals surface area contributed by atoms with Crippen LogP contribution < -0.4 is 10.6 Å². The summed E-state index contributed by atoms with van der Waals surface area (Å²) < 4.78 is 0. The molecule has 0 saturated carbocycles. The molecule has 6 atom stereocenters. The van der Waals surface area contributed by atoms with Crippen LogP contribution in [0.1, 0.15) is 90.0 Å².